The SMILES string of the molecule is CC(=O)N[C@@H](C)C(=O)Nc1cccc(CO[C@H]2CCC[C@@H]2NC(=O)c2cc(-c3cnn(C)c3)cnc2N)c1. The van der Waals surface area contributed by atoms with Gasteiger partial charge in [0.05, 0.1) is 30.5 Å². The number of aryl methyl sites for hydroxylation is 1. The van der Waals surface area contributed by atoms with Crippen LogP contribution in [0.4, 0.5) is 11.5 Å². The summed E-state index contributed by atoms with van der Waals surface area (Å²) >= 11 is 0. The number of amides is 3. The maximum atomic E-state index is 13.1. The van der Waals surface area contributed by atoms with Crippen molar-refractivity contribution in [2.75, 3.05) is 11.1 Å². The highest BCUT2D eigenvalue weighted by Gasteiger charge is 2.30. The van der Waals surface area contributed by atoms with Crippen molar-refractivity contribution < 1.29 is 19.1 Å². The zero-order valence-corrected chi connectivity index (χ0v) is 21.7. The Morgan fingerprint density at radius 2 is 2.00 bits per heavy atom. The van der Waals surface area contributed by atoms with E-state index < -0.39 is 6.04 Å². The molecule has 2 heterocycles. The van der Waals surface area contributed by atoms with E-state index in [-0.39, 0.29) is 35.7 Å². The van der Waals surface area contributed by atoms with Crippen molar-refractivity contribution in [2.24, 2.45) is 7.05 Å². The molecule has 1 aromatic carbocycles. The van der Waals surface area contributed by atoms with E-state index in [4.69, 9.17) is 10.5 Å². The smallest absolute Gasteiger partial charge is 0.255 e. The highest BCUT2D eigenvalue weighted by Crippen LogP contribution is 2.26. The molecule has 1 aliphatic rings. The number of pyridine rings is 1. The first-order chi connectivity index (χ1) is 18.2. The third-order valence-electron chi connectivity index (χ3n) is 6.44. The predicted molar refractivity (Wildman–Crippen MR) is 143 cm³/mol. The van der Waals surface area contributed by atoms with Crippen molar-refractivity contribution in [2.45, 2.75) is 57.9 Å². The molecule has 3 atom stereocenters. The van der Waals surface area contributed by atoms with Gasteiger partial charge in [-0.3, -0.25) is 19.1 Å². The molecule has 1 saturated carbocycles. The van der Waals surface area contributed by atoms with Gasteiger partial charge in [-0.05, 0) is 49.9 Å². The zero-order valence-electron chi connectivity index (χ0n) is 21.7. The van der Waals surface area contributed by atoms with E-state index in [1.165, 1.54) is 6.92 Å². The number of rotatable bonds is 9. The molecule has 0 radical (unpaired) electrons. The number of hydrogen-bond acceptors (Lipinski definition) is 7. The first-order valence-corrected chi connectivity index (χ1v) is 12.5. The maximum absolute atomic E-state index is 13.1. The number of nitrogen functional groups attached to an aromatic ring is 1. The molecule has 2 aromatic heterocycles. The van der Waals surface area contributed by atoms with Gasteiger partial charge in [-0.15, -0.1) is 0 Å². The first kappa shape index (κ1) is 26.8. The summed E-state index contributed by atoms with van der Waals surface area (Å²) in [5, 5.41) is 12.6. The van der Waals surface area contributed by atoms with Crippen LogP contribution in [0, 0.1) is 0 Å². The summed E-state index contributed by atoms with van der Waals surface area (Å²) in [6, 6.07) is 8.26. The van der Waals surface area contributed by atoms with Gasteiger partial charge in [-0.25, -0.2) is 4.98 Å². The molecule has 5 N–H and O–H groups in total. The van der Waals surface area contributed by atoms with Crippen LogP contribution in [0.5, 0.6) is 0 Å². The monoisotopic (exact) mass is 519 g/mol. The van der Waals surface area contributed by atoms with Crippen molar-refractivity contribution in [1.82, 2.24) is 25.4 Å². The summed E-state index contributed by atoms with van der Waals surface area (Å²) in [6.45, 7) is 3.31. The van der Waals surface area contributed by atoms with E-state index in [2.05, 4.69) is 26.0 Å². The highest BCUT2D eigenvalue weighted by atomic mass is 16.5. The molecule has 0 aliphatic heterocycles. The molecule has 11 heteroatoms. The second-order valence-electron chi connectivity index (χ2n) is 9.53. The minimum atomic E-state index is -0.649. The van der Waals surface area contributed by atoms with Gasteiger partial charge in [0, 0.05) is 43.2 Å². The largest absolute Gasteiger partial charge is 0.383 e. The number of nitrogens with zero attached hydrogens (tertiary/aromatic N) is 3. The first-order valence-electron chi connectivity index (χ1n) is 12.5. The van der Waals surface area contributed by atoms with Gasteiger partial charge in [0.1, 0.15) is 11.9 Å². The van der Waals surface area contributed by atoms with Crippen LogP contribution >= 0.6 is 0 Å². The molecular weight excluding hydrogens is 486 g/mol. The Morgan fingerprint density at radius 3 is 2.74 bits per heavy atom. The Labute approximate surface area is 221 Å². The summed E-state index contributed by atoms with van der Waals surface area (Å²) in [5.41, 5.74) is 9.44. The highest BCUT2D eigenvalue weighted by molar-refractivity contribution is 5.99. The molecule has 3 amide bonds. The number of benzene rings is 1. The normalized spacial score (nSPS) is 17.6. The average Bonchev–Trinajstić information content (AvgIpc) is 3.51. The van der Waals surface area contributed by atoms with Crippen LogP contribution < -0.4 is 21.7 Å². The van der Waals surface area contributed by atoms with Crippen molar-refractivity contribution in [3.63, 3.8) is 0 Å². The Morgan fingerprint density at radius 1 is 1.18 bits per heavy atom. The van der Waals surface area contributed by atoms with Crippen LogP contribution in [0.25, 0.3) is 11.1 Å². The predicted octanol–water partition coefficient (Wildman–Crippen LogP) is 2.40. The lowest BCUT2D eigenvalue weighted by Gasteiger charge is -2.22. The number of nitrogens with one attached hydrogen (secondary N) is 3. The summed E-state index contributed by atoms with van der Waals surface area (Å²) in [5.74, 6) is -0.706. The molecule has 0 spiro atoms. The fraction of sp³-hybridized carbons (Fsp3) is 0.370. The molecule has 11 nitrogen and oxygen atoms in total. The van der Waals surface area contributed by atoms with Crippen molar-refractivity contribution >= 4 is 29.2 Å². The van der Waals surface area contributed by atoms with Crippen molar-refractivity contribution in [3.8, 4) is 11.1 Å². The lowest BCUT2D eigenvalue weighted by Crippen LogP contribution is -2.41. The number of ether oxygens (including phenoxy) is 1. The standard InChI is InChI=1S/C27H33N7O4/c1-16(31-17(2)35)26(36)32-21-7-4-6-18(10-21)15-38-24-9-5-8-23(24)33-27(37)22-11-19(12-29-25(22)28)20-13-30-34(3)14-20/h4,6-7,10-14,16,23-24H,5,8-9,15H2,1-3H3,(H2,28,29)(H,31,35)(H,32,36)(H,33,37)/t16-,23-,24-/m0/s1. The quantitative estimate of drug-likeness (QED) is 0.339. The number of carbonyl (C=O) groups is 3. The second-order valence-corrected chi connectivity index (χ2v) is 9.53. The third-order valence-corrected chi connectivity index (χ3v) is 6.44. The lowest BCUT2D eigenvalue weighted by atomic mass is 10.1. The van der Waals surface area contributed by atoms with Gasteiger partial charge in [0.25, 0.3) is 5.91 Å². The molecule has 38 heavy (non-hydrogen) atoms. The van der Waals surface area contributed by atoms with E-state index in [0.29, 0.717) is 17.9 Å². The Balaban J connectivity index is 1.36. The van der Waals surface area contributed by atoms with E-state index in [1.807, 2.05) is 31.4 Å². The Hall–Kier alpha value is -4.25. The van der Waals surface area contributed by atoms with Crippen LogP contribution in [0.2, 0.25) is 0 Å². The molecular formula is C27H33N7O4. The Kier molecular flexibility index (Phi) is 8.37. The topological polar surface area (TPSA) is 153 Å². The van der Waals surface area contributed by atoms with Gasteiger partial charge >= 0.3 is 0 Å². The van der Waals surface area contributed by atoms with Gasteiger partial charge in [-0.2, -0.15) is 5.10 Å². The summed E-state index contributed by atoms with van der Waals surface area (Å²) in [6.07, 6.45) is 7.56. The average molecular weight is 520 g/mol. The molecule has 4 rings (SSSR count). The van der Waals surface area contributed by atoms with Crippen molar-refractivity contribution in [3.05, 3.63) is 60.0 Å². The molecule has 3 aromatic rings. The number of carbonyl (C=O) groups excluding carboxylic acids is 3. The summed E-state index contributed by atoms with van der Waals surface area (Å²) in [4.78, 5) is 40.8. The van der Waals surface area contributed by atoms with Gasteiger partial charge in [0.15, 0.2) is 0 Å². The molecule has 1 aliphatic carbocycles. The van der Waals surface area contributed by atoms with Crippen LogP contribution in [0.3, 0.4) is 0 Å². The van der Waals surface area contributed by atoms with Crippen LogP contribution in [-0.4, -0.2) is 50.7 Å². The van der Waals surface area contributed by atoms with Crippen LogP contribution in [0.15, 0.2) is 48.9 Å². The number of hydrogen-bond donors (Lipinski definition) is 4. The minimum Gasteiger partial charge on any atom is -0.383 e. The third kappa shape index (κ3) is 6.74. The summed E-state index contributed by atoms with van der Waals surface area (Å²) in [7, 11) is 1.82. The fourth-order valence-corrected chi connectivity index (χ4v) is 4.49. The summed E-state index contributed by atoms with van der Waals surface area (Å²) < 4.78 is 7.86. The van der Waals surface area contributed by atoms with Crippen LogP contribution in [0.1, 0.15) is 49.0 Å². The molecule has 0 bridgehead atoms. The fourth-order valence-electron chi connectivity index (χ4n) is 4.49. The molecule has 0 unspecified atom stereocenters. The number of aromatic nitrogens is 3. The lowest BCUT2D eigenvalue weighted by molar-refractivity contribution is -0.124. The van der Waals surface area contributed by atoms with E-state index in [0.717, 1.165) is 36.0 Å². The number of anilines is 2. The van der Waals surface area contributed by atoms with Gasteiger partial charge in [0.2, 0.25) is 11.8 Å². The van der Waals surface area contributed by atoms with E-state index >= 15 is 0 Å². The maximum Gasteiger partial charge on any atom is 0.255 e. The zero-order chi connectivity index (χ0) is 27.2. The number of nitrogens with two attached hydrogens (primary N) is 1. The molecule has 1 fully saturated rings. The Bertz CT molecular complexity index is 1320. The minimum absolute atomic E-state index is 0.160. The van der Waals surface area contributed by atoms with Gasteiger partial charge < -0.3 is 26.4 Å². The van der Waals surface area contributed by atoms with E-state index in [9.17, 15) is 14.4 Å². The van der Waals surface area contributed by atoms with Crippen LogP contribution in [-0.2, 0) is 28.0 Å². The van der Waals surface area contributed by atoms with Gasteiger partial charge in [-0.1, -0.05) is 12.1 Å². The molecule has 0 saturated heterocycles. The second kappa shape index (κ2) is 11.9. The van der Waals surface area contributed by atoms with Crippen molar-refractivity contribution in [1.29, 1.82) is 0 Å². The van der Waals surface area contributed by atoms with E-state index in [1.54, 1.807) is 36.1 Å². The molecule has 200 valence electrons.